The number of hydrogen-bond donors (Lipinski definition) is 0. The number of rotatable bonds is 2. The van der Waals surface area contributed by atoms with Crippen molar-refractivity contribution < 1.29 is 0 Å². The molecule has 1 aliphatic heterocycles. The minimum absolute atomic E-state index is 0.285. The van der Waals surface area contributed by atoms with Crippen LogP contribution in [0.1, 0.15) is 12.7 Å². The van der Waals surface area contributed by atoms with Gasteiger partial charge in [-0.2, -0.15) is 5.10 Å². The molecule has 3 rings (SSSR count). The van der Waals surface area contributed by atoms with E-state index in [9.17, 15) is 0 Å². The minimum Gasteiger partial charge on any atom is -0.366 e. The van der Waals surface area contributed by atoms with Crippen LogP contribution in [-0.4, -0.2) is 52.2 Å². The lowest BCUT2D eigenvalue weighted by Gasteiger charge is -2.53. The molecule has 0 radical (unpaired) electrons. The first-order chi connectivity index (χ1) is 8.48. The molecule has 1 saturated heterocycles. The van der Waals surface area contributed by atoms with Gasteiger partial charge in [0.1, 0.15) is 5.82 Å². The number of fused-ring (bicyclic) bond motifs is 1. The Bertz CT molecular complexity index is 580. The van der Waals surface area contributed by atoms with Gasteiger partial charge in [0, 0.05) is 13.1 Å². The van der Waals surface area contributed by atoms with Crippen molar-refractivity contribution in [2.75, 3.05) is 32.1 Å². The van der Waals surface area contributed by atoms with E-state index in [0.29, 0.717) is 0 Å². The summed E-state index contributed by atoms with van der Waals surface area (Å²) in [5.41, 5.74) is 2.41. The number of hydrogen-bond acceptors (Lipinski definition) is 4. The van der Waals surface area contributed by atoms with E-state index in [2.05, 4.69) is 53.2 Å². The van der Waals surface area contributed by atoms with Crippen LogP contribution in [0.2, 0.25) is 0 Å². The van der Waals surface area contributed by atoms with Gasteiger partial charge in [0.05, 0.1) is 17.4 Å². The van der Waals surface area contributed by atoms with Gasteiger partial charge in [-0.25, -0.2) is 9.50 Å². The summed E-state index contributed by atoms with van der Waals surface area (Å²) in [6, 6.07) is 4.15. The number of likely N-dealkylation sites (N-methyl/N-ethyl adjacent to an activating group) is 1. The van der Waals surface area contributed by atoms with Crippen molar-refractivity contribution in [3.8, 4) is 0 Å². The van der Waals surface area contributed by atoms with Crippen LogP contribution < -0.4 is 4.90 Å². The number of pyridine rings is 1. The van der Waals surface area contributed by atoms with Crippen molar-refractivity contribution >= 4 is 11.3 Å². The summed E-state index contributed by atoms with van der Waals surface area (Å²) in [6.07, 6.45) is 2.06. The van der Waals surface area contributed by atoms with Crippen LogP contribution in [0.5, 0.6) is 0 Å². The monoisotopic (exact) mass is 245 g/mol. The topological polar surface area (TPSA) is 36.7 Å². The molecule has 96 valence electrons. The highest BCUT2D eigenvalue weighted by molar-refractivity contribution is 5.54. The van der Waals surface area contributed by atoms with E-state index in [1.54, 1.807) is 0 Å². The van der Waals surface area contributed by atoms with Gasteiger partial charge in [-0.3, -0.25) is 0 Å². The smallest absolute Gasteiger partial charge is 0.155 e. The van der Waals surface area contributed by atoms with Gasteiger partial charge < -0.3 is 9.80 Å². The van der Waals surface area contributed by atoms with Crippen LogP contribution in [0, 0.1) is 6.92 Å². The van der Waals surface area contributed by atoms with Crippen molar-refractivity contribution in [3.63, 3.8) is 0 Å². The Labute approximate surface area is 107 Å². The van der Waals surface area contributed by atoms with Gasteiger partial charge in [-0.1, -0.05) is 0 Å². The molecule has 1 fully saturated rings. The molecule has 0 atom stereocenters. The third-order valence-corrected chi connectivity index (χ3v) is 3.93. The molecule has 0 saturated carbocycles. The zero-order valence-electron chi connectivity index (χ0n) is 11.4. The van der Waals surface area contributed by atoms with E-state index in [1.807, 2.05) is 17.5 Å². The van der Waals surface area contributed by atoms with Crippen LogP contribution in [-0.2, 0) is 0 Å². The van der Waals surface area contributed by atoms with Gasteiger partial charge in [0.25, 0.3) is 0 Å². The van der Waals surface area contributed by atoms with Gasteiger partial charge >= 0.3 is 0 Å². The molecule has 5 heteroatoms. The number of aryl methyl sites for hydroxylation is 1. The molecule has 2 aromatic rings. The molecule has 0 amide bonds. The van der Waals surface area contributed by atoms with E-state index in [1.165, 1.54) is 5.69 Å². The largest absolute Gasteiger partial charge is 0.366 e. The zero-order valence-corrected chi connectivity index (χ0v) is 11.4. The predicted octanol–water partition coefficient (Wildman–Crippen LogP) is 1.18. The molecule has 0 N–H and O–H groups in total. The summed E-state index contributed by atoms with van der Waals surface area (Å²) in [4.78, 5) is 9.00. The fourth-order valence-corrected chi connectivity index (χ4v) is 2.41. The van der Waals surface area contributed by atoms with Crippen LogP contribution in [0.4, 0.5) is 5.69 Å². The molecule has 5 nitrogen and oxygen atoms in total. The Morgan fingerprint density at radius 2 is 2.00 bits per heavy atom. The van der Waals surface area contributed by atoms with E-state index in [0.717, 1.165) is 24.6 Å². The standard InChI is InChI=1S/C13H19N5/c1-10-14-12-6-5-11(7-18(12)15-10)17-8-13(2,9-17)16(3)4/h5-7H,8-9H2,1-4H3. The fourth-order valence-electron chi connectivity index (χ4n) is 2.41. The molecule has 0 bridgehead atoms. The van der Waals surface area contributed by atoms with Crippen molar-refractivity contribution in [2.24, 2.45) is 0 Å². The van der Waals surface area contributed by atoms with E-state index < -0.39 is 0 Å². The maximum absolute atomic E-state index is 4.35. The molecule has 0 aromatic carbocycles. The highest BCUT2D eigenvalue weighted by atomic mass is 15.3. The number of nitrogens with zero attached hydrogens (tertiary/aromatic N) is 5. The molecule has 2 aromatic heterocycles. The lowest BCUT2D eigenvalue weighted by molar-refractivity contribution is 0.133. The number of aromatic nitrogens is 3. The van der Waals surface area contributed by atoms with Crippen molar-refractivity contribution in [2.45, 2.75) is 19.4 Å². The second-order valence-corrected chi connectivity index (χ2v) is 5.60. The number of anilines is 1. The second-order valence-electron chi connectivity index (χ2n) is 5.60. The molecule has 0 unspecified atom stereocenters. The summed E-state index contributed by atoms with van der Waals surface area (Å²) >= 11 is 0. The summed E-state index contributed by atoms with van der Waals surface area (Å²) in [6.45, 7) is 6.32. The SMILES string of the molecule is Cc1nc2ccc(N3CC(C)(N(C)C)C3)cn2n1. The third-order valence-electron chi connectivity index (χ3n) is 3.93. The Kier molecular flexibility index (Phi) is 2.35. The second kappa shape index (κ2) is 3.68. The van der Waals surface area contributed by atoms with Gasteiger partial charge in [0.15, 0.2) is 5.65 Å². The van der Waals surface area contributed by atoms with E-state index in [-0.39, 0.29) is 5.54 Å². The Morgan fingerprint density at radius 1 is 1.28 bits per heavy atom. The molecular weight excluding hydrogens is 226 g/mol. The first-order valence-corrected chi connectivity index (χ1v) is 6.23. The molecule has 0 aliphatic carbocycles. The van der Waals surface area contributed by atoms with Gasteiger partial charge in [-0.05, 0) is 40.1 Å². The lowest BCUT2D eigenvalue weighted by Crippen LogP contribution is -2.67. The maximum atomic E-state index is 4.35. The first kappa shape index (κ1) is 11.5. The summed E-state index contributed by atoms with van der Waals surface area (Å²) < 4.78 is 1.86. The van der Waals surface area contributed by atoms with Crippen LogP contribution in [0.3, 0.4) is 0 Å². The van der Waals surface area contributed by atoms with Gasteiger partial charge in [-0.15, -0.1) is 0 Å². The Morgan fingerprint density at radius 3 is 2.67 bits per heavy atom. The Balaban J connectivity index is 1.84. The van der Waals surface area contributed by atoms with Crippen LogP contribution >= 0.6 is 0 Å². The Hall–Kier alpha value is -1.62. The lowest BCUT2D eigenvalue weighted by atomic mass is 9.90. The quantitative estimate of drug-likeness (QED) is 0.796. The third kappa shape index (κ3) is 1.66. The summed E-state index contributed by atoms with van der Waals surface area (Å²) in [5, 5.41) is 4.35. The average Bonchev–Trinajstić information content (AvgIpc) is 2.63. The van der Waals surface area contributed by atoms with E-state index >= 15 is 0 Å². The average molecular weight is 245 g/mol. The van der Waals surface area contributed by atoms with Gasteiger partial charge in [0.2, 0.25) is 0 Å². The van der Waals surface area contributed by atoms with Crippen molar-refractivity contribution in [1.29, 1.82) is 0 Å². The molecule has 1 aliphatic rings. The first-order valence-electron chi connectivity index (χ1n) is 6.23. The van der Waals surface area contributed by atoms with Crippen LogP contribution in [0.25, 0.3) is 5.65 Å². The summed E-state index contributed by atoms with van der Waals surface area (Å²) in [7, 11) is 4.28. The predicted molar refractivity (Wildman–Crippen MR) is 72.0 cm³/mol. The maximum Gasteiger partial charge on any atom is 0.155 e. The highest BCUT2D eigenvalue weighted by Gasteiger charge is 2.40. The van der Waals surface area contributed by atoms with Crippen LogP contribution in [0.15, 0.2) is 18.3 Å². The molecule has 18 heavy (non-hydrogen) atoms. The minimum atomic E-state index is 0.285. The van der Waals surface area contributed by atoms with E-state index in [4.69, 9.17) is 0 Å². The normalized spacial score (nSPS) is 18.4. The molecule has 0 spiro atoms. The highest BCUT2D eigenvalue weighted by Crippen LogP contribution is 2.30. The molecule has 3 heterocycles. The van der Waals surface area contributed by atoms with Crippen molar-refractivity contribution in [3.05, 3.63) is 24.2 Å². The summed E-state index contributed by atoms with van der Waals surface area (Å²) in [5.74, 6) is 0.814. The zero-order chi connectivity index (χ0) is 12.9. The molecular formula is C13H19N5. The van der Waals surface area contributed by atoms with Crippen molar-refractivity contribution in [1.82, 2.24) is 19.5 Å². The fraction of sp³-hybridized carbons (Fsp3) is 0.538.